The molecule has 0 aliphatic carbocycles. The number of likely N-dealkylation sites (N-methyl/N-ethyl adjacent to an activating group) is 2. The first kappa shape index (κ1) is 24.2. The molecule has 0 saturated heterocycles. The van der Waals surface area contributed by atoms with Crippen LogP contribution in [0.15, 0.2) is 79.0 Å². The van der Waals surface area contributed by atoms with Crippen LogP contribution in [0.3, 0.4) is 0 Å². The van der Waals surface area contributed by atoms with Crippen LogP contribution in [0.1, 0.15) is 28.3 Å². The largest absolute Gasteiger partial charge is 0.331 e. The van der Waals surface area contributed by atoms with E-state index in [0.29, 0.717) is 18.9 Å². The highest BCUT2D eigenvalue weighted by atomic mass is 35.5. The van der Waals surface area contributed by atoms with E-state index in [-0.39, 0.29) is 30.3 Å². The van der Waals surface area contributed by atoms with E-state index in [1.54, 1.807) is 23.2 Å². The molecule has 7 heteroatoms. The summed E-state index contributed by atoms with van der Waals surface area (Å²) in [6.45, 7) is 0.936. The molecular weight excluding hydrogens is 436 g/mol. The number of hydrogen-bond acceptors (Lipinski definition) is 4. The average Bonchev–Trinajstić information content (AvgIpc) is 2.94. The first-order chi connectivity index (χ1) is 15.5. The molecule has 4 rings (SSSR count). The van der Waals surface area contributed by atoms with E-state index in [2.05, 4.69) is 10.3 Å². The van der Waals surface area contributed by atoms with E-state index in [4.69, 9.17) is 0 Å². The fraction of sp³-hybridized carbons (Fsp3) is 0.192. The van der Waals surface area contributed by atoms with Gasteiger partial charge >= 0.3 is 0 Å². The molecule has 33 heavy (non-hydrogen) atoms. The Morgan fingerprint density at radius 1 is 1.06 bits per heavy atom. The molecule has 3 aromatic rings. The summed E-state index contributed by atoms with van der Waals surface area (Å²) in [6.07, 6.45) is 5.01. The zero-order valence-corrected chi connectivity index (χ0v) is 19.5. The van der Waals surface area contributed by atoms with Crippen LogP contribution in [0.2, 0.25) is 0 Å². The molecule has 0 atom stereocenters. The molecule has 1 aliphatic rings. The van der Waals surface area contributed by atoms with Crippen LogP contribution >= 0.6 is 12.4 Å². The molecule has 0 spiro atoms. The maximum Gasteiger partial charge on any atom is 0.247 e. The number of fused-ring (bicyclic) bond motifs is 1. The number of aromatic nitrogens is 1. The van der Waals surface area contributed by atoms with Crippen molar-refractivity contribution in [1.82, 2.24) is 14.8 Å². The number of hydrogen-bond donors (Lipinski definition) is 1. The van der Waals surface area contributed by atoms with Crippen molar-refractivity contribution in [3.8, 4) is 0 Å². The van der Waals surface area contributed by atoms with Crippen LogP contribution in [-0.2, 0) is 16.1 Å². The van der Waals surface area contributed by atoms with Gasteiger partial charge in [0, 0.05) is 31.4 Å². The lowest BCUT2D eigenvalue weighted by Crippen LogP contribution is -2.30. The molecule has 0 radical (unpaired) electrons. The molecule has 1 N–H and O–H groups in total. The number of amides is 2. The molecule has 2 amide bonds. The van der Waals surface area contributed by atoms with Crippen LogP contribution in [0.25, 0.3) is 6.08 Å². The monoisotopic (exact) mass is 462 g/mol. The molecule has 1 aliphatic heterocycles. The van der Waals surface area contributed by atoms with Gasteiger partial charge in [-0.2, -0.15) is 0 Å². The van der Waals surface area contributed by atoms with E-state index in [9.17, 15) is 9.59 Å². The zero-order chi connectivity index (χ0) is 22.5. The van der Waals surface area contributed by atoms with Gasteiger partial charge in [0.2, 0.25) is 11.8 Å². The van der Waals surface area contributed by atoms with Gasteiger partial charge in [-0.05, 0) is 35.9 Å². The second-order valence-corrected chi connectivity index (χ2v) is 8.00. The number of pyridine rings is 1. The van der Waals surface area contributed by atoms with Crippen molar-refractivity contribution in [3.63, 3.8) is 0 Å². The van der Waals surface area contributed by atoms with Gasteiger partial charge in [-0.25, -0.2) is 4.98 Å². The number of nitrogens with zero attached hydrogens (tertiary/aromatic N) is 3. The maximum absolute atomic E-state index is 13.1. The molecule has 1 aromatic heterocycles. The topological polar surface area (TPSA) is 65.5 Å². The van der Waals surface area contributed by atoms with Crippen molar-refractivity contribution in [1.29, 1.82) is 0 Å². The number of benzene rings is 2. The standard InChI is InChI=1S/C26H26N4O2.ClH/c1-29-17-22-15-19(16-27-26(22)28-23(31)18-29)13-14-24(32)30(2)25(20-9-5-3-6-10-20)21-11-7-4-8-12-21;/h3-16,25H,17-18H2,1-2H3,(H,27,28,31);1H/b14-13+;. The molecular formula is C26H27ClN4O2. The first-order valence-electron chi connectivity index (χ1n) is 10.5. The normalized spacial score (nSPS) is 13.7. The van der Waals surface area contributed by atoms with Gasteiger partial charge in [-0.1, -0.05) is 60.7 Å². The van der Waals surface area contributed by atoms with E-state index < -0.39 is 0 Å². The van der Waals surface area contributed by atoms with Gasteiger partial charge < -0.3 is 10.2 Å². The number of halogens is 1. The van der Waals surface area contributed by atoms with Gasteiger partial charge in [0.05, 0.1) is 12.6 Å². The summed E-state index contributed by atoms with van der Waals surface area (Å²) in [5.41, 5.74) is 3.83. The Hall–Kier alpha value is -3.48. The van der Waals surface area contributed by atoms with Crippen LogP contribution in [0.5, 0.6) is 0 Å². The smallest absolute Gasteiger partial charge is 0.247 e. The SMILES string of the molecule is CN1CC(=O)Nc2ncc(/C=C/C(=O)N(C)C(c3ccccc3)c3ccccc3)cc2C1.Cl. The summed E-state index contributed by atoms with van der Waals surface area (Å²) in [4.78, 5) is 33.0. The van der Waals surface area contributed by atoms with Crippen molar-refractivity contribution in [3.05, 3.63) is 101 Å². The highest BCUT2D eigenvalue weighted by Gasteiger charge is 2.22. The van der Waals surface area contributed by atoms with Crippen molar-refractivity contribution >= 4 is 36.1 Å². The fourth-order valence-corrected chi connectivity index (χ4v) is 3.94. The third-order valence-electron chi connectivity index (χ3n) is 5.48. The number of carbonyl (C=O) groups is 2. The number of carbonyl (C=O) groups excluding carboxylic acids is 2. The minimum absolute atomic E-state index is 0. The quantitative estimate of drug-likeness (QED) is 0.578. The van der Waals surface area contributed by atoms with Crippen LogP contribution < -0.4 is 5.32 Å². The Morgan fingerprint density at radius 3 is 2.27 bits per heavy atom. The second-order valence-electron chi connectivity index (χ2n) is 8.00. The number of nitrogens with one attached hydrogen (secondary N) is 1. The highest BCUT2D eigenvalue weighted by molar-refractivity contribution is 5.93. The van der Waals surface area contributed by atoms with Gasteiger partial charge in [0.25, 0.3) is 0 Å². The molecule has 6 nitrogen and oxygen atoms in total. The molecule has 0 unspecified atom stereocenters. The van der Waals surface area contributed by atoms with E-state index in [1.165, 1.54) is 0 Å². The minimum atomic E-state index is -0.191. The number of rotatable bonds is 5. The molecule has 0 saturated carbocycles. The van der Waals surface area contributed by atoms with Gasteiger partial charge in [0.15, 0.2) is 0 Å². The average molecular weight is 463 g/mol. The first-order valence-corrected chi connectivity index (χ1v) is 10.5. The lowest BCUT2D eigenvalue weighted by molar-refractivity contribution is -0.126. The predicted octanol–water partition coefficient (Wildman–Crippen LogP) is 4.15. The molecule has 0 fully saturated rings. The highest BCUT2D eigenvalue weighted by Crippen LogP contribution is 2.28. The van der Waals surface area contributed by atoms with Crippen LogP contribution in [-0.4, -0.2) is 47.2 Å². The van der Waals surface area contributed by atoms with Crippen LogP contribution in [0.4, 0.5) is 5.82 Å². The molecule has 2 aromatic carbocycles. The zero-order valence-electron chi connectivity index (χ0n) is 18.6. The van der Waals surface area contributed by atoms with E-state index in [1.807, 2.05) is 85.7 Å². The number of anilines is 1. The second kappa shape index (κ2) is 10.9. The van der Waals surface area contributed by atoms with Crippen molar-refractivity contribution in [2.45, 2.75) is 12.6 Å². The lowest BCUT2D eigenvalue weighted by atomic mass is 9.97. The van der Waals surface area contributed by atoms with Gasteiger partial charge in [-0.3, -0.25) is 14.5 Å². The Bertz CT molecular complexity index is 1100. The molecule has 170 valence electrons. The summed E-state index contributed by atoms with van der Waals surface area (Å²) in [5, 5.41) is 2.82. The van der Waals surface area contributed by atoms with Crippen LogP contribution in [0, 0.1) is 0 Å². The Kier molecular flexibility index (Phi) is 7.98. The Morgan fingerprint density at radius 2 is 1.67 bits per heavy atom. The summed E-state index contributed by atoms with van der Waals surface area (Å²) in [6, 6.07) is 21.8. The summed E-state index contributed by atoms with van der Waals surface area (Å²) >= 11 is 0. The predicted molar refractivity (Wildman–Crippen MR) is 133 cm³/mol. The van der Waals surface area contributed by atoms with E-state index >= 15 is 0 Å². The summed E-state index contributed by atoms with van der Waals surface area (Å²) in [5.74, 6) is 0.392. The Labute approximate surface area is 200 Å². The van der Waals surface area contributed by atoms with Crippen molar-refractivity contribution in [2.75, 3.05) is 26.0 Å². The fourth-order valence-electron chi connectivity index (χ4n) is 3.94. The van der Waals surface area contributed by atoms with E-state index in [0.717, 1.165) is 22.3 Å². The third-order valence-corrected chi connectivity index (χ3v) is 5.48. The minimum Gasteiger partial charge on any atom is -0.331 e. The van der Waals surface area contributed by atoms with Crippen molar-refractivity contribution in [2.24, 2.45) is 0 Å². The lowest BCUT2D eigenvalue weighted by Gasteiger charge is -2.28. The van der Waals surface area contributed by atoms with Crippen molar-refractivity contribution < 1.29 is 9.59 Å². The molecule has 2 heterocycles. The van der Waals surface area contributed by atoms with Gasteiger partial charge in [-0.15, -0.1) is 12.4 Å². The Balaban J connectivity index is 0.00000306. The van der Waals surface area contributed by atoms with Gasteiger partial charge in [0.1, 0.15) is 5.82 Å². The summed E-state index contributed by atoms with van der Waals surface area (Å²) < 4.78 is 0. The third kappa shape index (κ3) is 5.86. The summed E-state index contributed by atoms with van der Waals surface area (Å²) in [7, 11) is 3.71. The maximum atomic E-state index is 13.1. The molecule has 0 bridgehead atoms.